The van der Waals surface area contributed by atoms with Crippen LogP contribution in [0.4, 0.5) is 4.79 Å². The molecule has 1 aromatic heterocycles. The van der Waals surface area contributed by atoms with Gasteiger partial charge >= 0.3 is 45.2 Å². The van der Waals surface area contributed by atoms with E-state index in [9.17, 15) is 66.8 Å². The summed E-state index contributed by atoms with van der Waals surface area (Å²) in [6, 6.07) is 7.80. The van der Waals surface area contributed by atoms with Gasteiger partial charge in [-0.2, -0.15) is 5.10 Å². The summed E-state index contributed by atoms with van der Waals surface area (Å²) in [6.07, 6.45) is 5.87. The number of aromatic nitrogens is 2. The molecule has 0 saturated carbocycles. The number of alkyl carbamates (subject to hydrolysis) is 1. The van der Waals surface area contributed by atoms with Crippen molar-refractivity contribution in [1.29, 1.82) is 0 Å². The molecule has 0 radical (unpaired) electrons. The molecule has 2 aromatic rings. The van der Waals surface area contributed by atoms with Gasteiger partial charge in [0.15, 0.2) is 0 Å². The van der Waals surface area contributed by atoms with Gasteiger partial charge in [-0.25, -0.2) is 27.6 Å². The van der Waals surface area contributed by atoms with Crippen LogP contribution in [0.15, 0.2) is 48.4 Å². The fraction of sp³-hybridized carbons (Fsp3) is 0.673. The van der Waals surface area contributed by atoms with E-state index in [1.54, 1.807) is 6.92 Å². The first-order valence-corrected chi connectivity index (χ1v) is 36.7. The molecule has 3 aliphatic rings. The third-order valence-corrected chi connectivity index (χ3v) is 18.6. The van der Waals surface area contributed by atoms with Crippen molar-refractivity contribution in [2.24, 2.45) is 0 Å². The van der Waals surface area contributed by atoms with Crippen molar-refractivity contribution in [1.82, 2.24) is 31.0 Å². The Morgan fingerprint density at radius 3 is 1.72 bits per heavy atom. The van der Waals surface area contributed by atoms with Gasteiger partial charge in [0.25, 0.3) is 5.91 Å². The Kier molecular flexibility index (Phi) is 32.3. The lowest BCUT2D eigenvalue weighted by Gasteiger charge is -2.32. The number of aliphatic hydroxyl groups excluding tert-OH is 1. The van der Waals surface area contributed by atoms with Crippen LogP contribution in [0, 0.1) is 6.92 Å². The zero-order valence-corrected chi connectivity index (χ0v) is 54.6. The second-order valence-corrected chi connectivity index (χ2v) is 28.0. The van der Waals surface area contributed by atoms with Crippen molar-refractivity contribution in [2.75, 3.05) is 79.2 Å². The van der Waals surface area contributed by atoms with E-state index >= 15 is 0 Å². The van der Waals surface area contributed by atoms with Crippen LogP contribution in [-0.2, 0) is 106 Å². The van der Waals surface area contributed by atoms with E-state index < -0.39 is 136 Å². The molecule has 1 aromatic carbocycles. The van der Waals surface area contributed by atoms with Gasteiger partial charge in [0.05, 0.1) is 90.0 Å². The molecule has 2 aliphatic heterocycles. The summed E-state index contributed by atoms with van der Waals surface area (Å²) in [7, 11) is -23.2. The number of aryl methyl sites for hydroxylation is 1. The van der Waals surface area contributed by atoms with E-state index in [1.807, 2.05) is 31.2 Å². The van der Waals surface area contributed by atoms with Crippen LogP contribution in [0.2, 0.25) is 0 Å². The van der Waals surface area contributed by atoms with E-state index in [-0.39, 0.29) is 56.3 Å². The number of ether oxygens (including phenoxy) is 2. The Hall–Kier alpha value is -3.74. The van der Waals surface area contributed by atoms with E-state index in [0.29, 0.717) is 50.6 Å². The van der Waals surface area contributed by atoms with Gasteiger partial charge in [-0.05, 0) is 94.7 Å². The number of rotatable bonds is 42. The maximum Gasteiger partial charge on any atom is 0.472 e. The fourth-order valence-electron chi connectivity index (χ4n) is 8.97. The SMILES string of the molecule is C=C1NC(=O)C(C)=CN1[C@H]1CC(O)[C@@H](COP(=O)(O)OCCCOP(=O)(O)OCCCOP(=O)(O)OCCCOP(=O)(O)OCCCOP(=O)(O)OCCNC(=O)OC2CCCc3c(-c4ccc(CC(=O)NCCCCCCC)cc4)nnc(C)c3CC2)O1. The average molecular weight is 1370 g/mol. The number of nitrogens with zero attached hydrogens (tertiary/aromatic N) is 3. The Labute approximate surface area is 517 Å². The molecule has 1 saturated heterocycles. The zero-order valence-electron chi connectivity index (χ0n) is 50.1. The first kappa shape index (κ1) is 76.0. The molecule has 89 heavy (non-hydrogen) atoms. The Morgan fingerprint density at radius 2 is 1.18 bits per heavy atom. The third kappa shape index (κ3) is 29.0. The molecule has 9 atom stereocenters. The van der Waals surface area contributed by atoms with E-state index in [2.05, 4.69) is 39.7 Å². The van der Waals surface area contributed by atoms with Crippen molar-refractivity contribution >= 4 is 57.0 Å². The summed E-state index contributed by atoms with van der Waals surface area (Å²) in [5.41, 5.74) is 5.88. The molecule has 1 fully saturated rings. The van der Waals surface area contributed by atoms with Crippen LogP contribution in [0.3, 0.4) is 0 Å². The number of unbranched alkanes of at least 4 members (excludes halogenated alkanes) is 4. The number of fused-ring (bicyclic) bond motifs is 1. The Balaban J connectivity index is 0.839. The standard InChI is InChI=1S/C52H85N6O26P5/c1-5-6-7-8-9-23-53-48(60)34-41-17-19-42(20-18-41)50-45-16-10-15-43(21-22-44(45)39(3)56-57-50)83-52(62)54-24-33-81-88(69,70)79-31-13-29-77-86(65,66)75-27-11-25-73-85(63,64)74-26-12-28-76-87(67,68)78-30-14-32-80-89(71,72)82-37-47-46(59)35-49(84-47)58-36-38(2)51(61)55-40(58)4/h17-20,36,43,46-47,49,59H,4-16,21-35,37H2,1-3H3,(H,53,60)(H,54,62)(H,55,61)(H,63,64)(H,65,66)(H,67,68)(H,69,70)(H,71,72)/t43?,46?,47-,49-/m1/s1. The highest BCUT2D eigenvalue weighted by Crippen LogP contribution is 2.48. The van der Waals surface area contributed by atoms with E-state index in [4.69, 9.17) is 54.7 Å². The minimum absolute atomic E-state index is 0.00744. The average Bonchev–Trinajstić information content (AvgIpc) is 1.90. The predicted octanol–water partition coefficient (Wildman–Crippen LogP) is 6.96. The van der Waals surface area contributed by atoms with Gasteiger partial charge in [0.2, 0.25) is 5.91 Å². The Morgan fingerprint density at radius 1 is 0.663 bits per heavy atom. The molecule has 32 nitrogen and oxygen atoms in total. The lowest BCUT2D eigenvalue weighted by atomic mass is 9.89. The smallest absolute Gasteiger partial charge is 0.446 e. The number of phosphoric ester groups is 5. The quantitative estimate of drug-likeness (QED) is 0.0239. The van der Waals surface area contributed by atoms with Crippen LogP contribution in [0.5, 0.6) is 0 Å². The topological polar surface area (TPSA) is 434 Å². The number of carbonyl (C=O) groups excluding carboxylic acids is 3. The molecule has 504 valence electrons. The van der Waals surface area contributed by atoms with Crippen LogP contribution < -0.4 is 16.0 Å². The lowest BCUT2D eigenvalue weighted by molar-refractivity contribution is -0.120. The molecule has 3 amide bonds. The molecule has 1 aliphatic carbocycles. The maximum atomic E-state index is 12.7. The summed E-state index contributed by atoms with van der Waals surface area (Å²) < 4.78 is 121. The van der Waals surface area contributed by atoms with Crippen molar-refractivity contribution in [2.45, 2.75) is 148 Å². The molecule has 0 spiro atoms. The molecular weight excluding hydrogens is 1280 g/mol. The van der Waals surface area contributed by atoms with Gasteiger partial charge in [-0.15, -0.1) is 5.10 Å². The van der Waals surface area contributed by atoms with E-state index in [0.717, 1.165) is 46.5 Å². The molecule has 0 bridgehead atoms. The summed E-state index contributed by atoms with van der Waals surface area (Å²) in [5, 5.41) is 27.4. The van der Waals surface area contributed by atoms with E-state index in [1.165, 1.54) is 30.4 Å². The van der Waals surface area contributed by atoms with Crippen molar-refractivity contribution < 1.29 is 121 Å². The van der Waals surface area contributed by atoms with Crippen molar-refractivity contribution in [3.63, 3.8) is 0 Å². The van der Waals surface area contributed by atoms with Gasteiger partial charge < -0.3 is 59.9 Å². The second-order valence-electron chi connectivity index (χ2n) is 20.7. The Bertz CT molecular complexity index is 2890. The highest BCUT2D eigenvalue weighted by atomic mass is 31.2. The number of phosphoric acid groups is 5. The highest BCUT2D eigenvalue weighted by Gasteiger charge is 2.40. The monoisotopic (exact) mass is 1360 g/mol. The number of aliphatic hydroxyl groups is 1. The molecule has 9 N–H and O–H groups in total. The molecule has 37 heteroatoms. The molecule has 3 heterocycles. The van der Waals surface area contributed by atoms with Crippen LogP contribution in [-0.4, -0.2) is 166 Å². The number of nitrogens with one attached hydrogen (secondary N) is 3. The number of amides is 3. The number of hydrogen-bond acceptors (Lipinski definition) is 24. The first-order valence-electron chi connectivity index (χ1n) is 29.2. The number of benzene rings is 1. The lowest BCUT2D eigenvalue weighted by Crippen LogP contribution is -2.42. The molecule has 7 unspecified atom stereocenters. The van der Waals surface area contributed by atoms with Crippen LogP contribution in [0.1, 0.15) is 120 Å². The maximum absolute atomic E-state index is 12.7. The first-order chi connectivity index (χ1) is 42.2. The van der Waals surface area contributed by atoms with Crippen molar-refractivity contribution in [3.05, 3.63) is 70.8 Å². The summed E-state index contributed by atoms with van der Waals surface area (Å²) in [4.78, 5) is 88.4. The largest absolute Gasteiger partial charge is 0.472 e. The molecular formula is C52H85N6O26P5. The normalized spacial score (nSPS) is 21.4. The molecule has 5 rings (SSSR count). The summed E-state index contributed by atoms with van der Waals surface area (Å²) in [5.74, 6) is -0.132. The van der Waals surface area contributed by atoms with Crippen LogP contribution in [0.25, 0.3) is 11.3 Å². The van der Waals surface area contributed by atoms with Crippen LogP contribution >= 0.6 is 39.1 Å². The fourth-order valence-corrected chi connectivity index (χ4v) is 12.9. The summed E-state index contributed by atoms with van der Waals surface area (Å²) >= 11 is 0. The highest BCUT2D eigenvalue weighted by molar-refractivity contribution is 7.48. The third-order valence-electron chi connectivity index (χ3n) is 13.5. The van der Waals surface area contributed by atoms with Gasteiger partial charge in [0.1, 0.15) is 24.3 Å². The zero-order chi connectivity index (χ0) is 65.1. The van der Waals surface area contributed by atoms with Gasteiger partial charge in [-0.3, -0.25) is 54.8 Å². The minimum atomic E-state index is -4.67. The minimum Gasteiger partial charge on any atom is -0.446 e. The predicted molar refractivity (Wildman–Crippen MR) is 316 cm³/mol. The van der Waals surface area contributed by atoms with Crippen molar-refractivity contribution in [3.8, 4) is 11.3 Å². The van der Waals surface area contributed by atoms with Gasteiger partial charge in [-0.1, -0.05) is 63.5 Å². The second kappa shape index (κ2) is 37.8. The number of hydrogen-bond donors (Lipinski definition) is 9. The van der Waals surface area contributed by atoms with Gasteiger partial charge in [0, 0.05) is 36.8 Å². The number of carbonyl (C=O) groups is 3. The summed E-state index contributed by atoms with van der Waals surface area (Å²) in [6.45, 7) is 5.19.